The lowest BCUT2D eigenvalue weighted by Gasteiger charge is -2.09. The predicted molar refractivity (Wildman–Crippen MR) is 85.5 cm³/mol. The Balaban J connectivity index is 2.09. The fraction of sp³-hybridized carbons (Fsp3) is 0.167. The molecular weight excluding hydrogens is 264 g/mol. The van der Waals surface area contributed by atoms with Gasteiger partial charge in [0.25, 0.3) is 0 Å². The van der Waals surface area contributed by atoms with Gasteiger partial charge in [-0.05, 0) is 36.5 Å². The summed E-state index contributed by atoms with van der Waals surface area (Å²) in [5.74, 6) is 0.471. The molecular formula is C18H14OS. The first-order valence-electron chi connectivity index (χ1n) is 6.96. The Bertz CT molecular complexity index is 829. The summed E-state index contributed by atoms with van der Waals surface area (Å²) in [7, 11) is 0. The average molecular weight is 278 g/mol. The molecule has 0 N–H and O–H groups in total. The van der Waals surface area contributed by atoms with Crippen molar-refractivity contribution in [3.63, 3.8) is 0 Å². The molecule has 1 aliphatic carbocycles. The third-order valence-corrected chi connectivity index (χ3v) is 5.09. The second-order valence-electron chi connectivity index (χ2n) is 5.31. The lowest BCUT2D eigenvalue weighted by atomic mass is 10.0. The van der Waals surface area contributed by atoms with E-state index >= 15 is 0 Å². The molecule has 0 saturated heterocycles. The number of hydrogen-bond donors (Lipinski definition) is 0. The van der Waals surface area contributed by atoms with Crippen molar-refractivity contribution in [3.8, 4) is 10.4 Å². The van der Waals surface area contributed by atoms with Crippen molar-refractivity contribution in [1.82, 2.24) is 0 Å². The molecule has 0 unspecified atom stereocenters. The smallest absolute Gasteiger partial charge is 0.192 e. The van der Waals surface area contributed by atoms with E-state index in [9.17, 15) is 4.79 Å². The Hall–Kier alpha value is -1.93. The Morgan fingerprint density at radius 3 is 2.35 bits per heavy atom. The van der Waals surface area contributed by atoms with Gasteiger partial charge in [0.05, 0.1) is 0 Å². The molecule has 2 heteroatoms. The lowest BCUT2D eigenvalue weighted by Crippen LogP contribution is -2.08. The molecule has 1 nitrogen and oxygen atoms in total. The molecule has 1 aromatic heterocycles. The average Bonchev–Trinajstić information content (AvgIpc) is 3.33. The van der Waals surface area contributed by atoms with Crippen molar-refractivity contribution in [2.75, 3.05) is 0 Å². The van der Waals surface area contributed by atoms with Gasteiger partial charge in [0, 0.05) is 20.5 Å². The van der Waals surface area contributed by atoms with Crippen LogP contribution in [0.25, 0.3) is 20.5 Å². The van der Waals surface area contributed by atoms with Crippen molar-refractivity contribution < 1.29 is 0 Å². The summed E-state index contributed by atoms with van der Waals surface area (Å²) in [6.07, 6.45) is 2.31. The fourth-order valence-corrected chi connectivity index (χ4v) is 3.96. The van der Waals surface area contributed by atoms with Crippen LogP contribution in [-0.4, -0.2) is 0 Å². The van der Waals surface area contributed by atoms with Crippen LogP contribution in [0.2, 0.25) is 0 Å². The standard InChI is InChI=1S/C18H14OS/c19-17-14-8-4-5-9-15(14)20-18(16(17)12-10-11-12)13-6-2-1-3-7-13/h1-9,12H,10-11H2. The SMILES string of the molecule is O=c1c(C2CC2)c(-c2ccccc2)sc2ccccc12. The van der Waals surface area contributed by atoms with Crippen LogP contribution < -0.4 is 5.43 Å². The summed E-state index contributed by atoms with van der Waals surface area (Å²) in [4.78, 5) is 14.0. The highest BCUT2D eigenvalue weighted by molar-refractivity contribution is 7.21. The van der Waals surface area contributed by atoms with Crippen LogP contribution >= 0.6 is 11.3 Å². The zero-order valence-electron chi connectivity index (χ0n) is 11.0. The molecule has 0 spiro atoms. The van der Waals surface area contributed by atoms with Crippen molar-refractivity contribution in [2.24, 2.45) is 0 Å². The van der Waals surface area contributed by atoms with E-state index in [1.807, 2.05) is 42.5 Å². The molecule has 1 saturated carbocycles. The molecule has 0 amide bonds. The fourth-order valence-electron chi connectivity index (χ4n) is 2.70. The quantitative estimate of drug-likeness (QED) is 0.657. The van der Waals surface area contributed by atoms with Crippen LogP contribution in [0.4, 0.5) is 0 Å². The Morgan fingerprint density at radius 2 is 1.60 bits per heavy atom. The zero-order chi connectivity index (χ0) is 13.5. The highest BCUT2D eigenvalue weighted by atomic mass is 32.1. The van der Waals surface area contributed by atoms with E-state index in [2.05, 4.69) is 12.1 Å². The van der Waals surface area contributed by atoms with E-state index in [0.717, 1.165) is 33.4 Å². The molecule has 1 heterocycles. The summed E-state index contributed by atoms with van der Waals surface area (Å²) in [5.41, 5.74) is 2.45. The number of hydrogen-bond acceptors (Lipinski definition) is 2. The minimum atomic E-state index is 0.237. The largest absolute Gasteiger partial charge is 0.289 e. The predicted octanol–water partition coefficient (Wildman–Crippen LogP) is 4.81. The van der Waals surface area contributed by atoms with Gasteiger partial charge in [0.2, 0.25) is 0 Å². The molecule has 0 radical (unpaired) electrons. The Morgan fingerprint density at radius 1 is 0.900 bits per heavy atom. The molecule has 20 heavy (non-hydrogen) atoms. The van der Waals surface area contributed by atoms with Gasteiger partial charge in [0.15, 0.2) is 5.43 Å². The molecule has 3 aromatic rings. The van der Waals surface area contributed by atoms with E-state index in [-0.39, 0.29) is 5.43 Å². The molecule has 1 fully saturated rings. The first kappa shape index (κ1) is 11.9. The van der Waals surface area contributed by atoms with Crippen LogP contribution in [0.5, 0.6) is 0 Å². The van der Waals surface area contributed by atoms with Crippen LogP contribution in [-0.2, 0) is 0 Å². The van der Waals surface area contributed by atoms with Crippen LogP contribution in [0.3, 0.4) is 0 Å². The van der Waals surface area contributed by atoms with Gasteiger partial charge in [0.1, 0.15) is 0 Å². The van der Waals surface area contributed by atoms with Crippen LogP contribution in [0.15, 0.2) is 59.4 Å². The van der Waals surface area contributed by atoms with Gasteiger partial charge < -0.3 is 0 Å². The second kappa shape index (κ2) is 4.57. The number of benzene rings is 2. The van der Waals surface area contributed by atoms with E-state index < -0.39 is 0 Å². The van der Waals surface area contributed by atoms with Gasteiger partial charge >= 0.3 is 0 Å². The highest BCUT2D eigenvalue weighted by Gasteiger charge is 2.30. The highest BCUT2D eigenvalue weighted by Crippen LogP contribution is 2.45. The summed E-state index contributed by atoms with van der Waals surface area (Å²) in [6, 6.07) is 18.3. The van der Waals surface area contributed by atoms with Crippen molar-refractivity contribution in [1.29, 1.82) is 0 Å². The van der Waals surface area contributed by atoms with Gasteiger partial charge in [-0.1, -0.05) is 42.5 Å². The summed E-state index contributed by atoms with van der Waals surface area (Å²) < 4.78 is 1.08. The molecule has 2 aromatic carbocycles. The minimum Gasteiger partial charge on any atom is -0.289 e. The van der Waals surface area contributed by atoms with Crippen molar-refractivity contribution in [3.05, 3.63) is 70.4 Å². The normalized spacial score (nSPS) is 14.6. The van der Waals surface area contributed by atoms with E-state index in [4.69, 9.17) is 0 Å². The summed E-state index contributed by atoms with van der Waals surface area (Å²) in [5, 5.41) is 0.874. The minimum absolute atomic E-state index is 0.237. The number of rotatable bonds is 2. The molecule has 0 aliphatic heterocycles. The van der Waals surface area contributed by atoms with Gasteiger partial charge in [-0.15, -0.1) is 11.3 Å². The van der Waals surface area contributed by atoms with Crippen molar-refractivity contribution >= 4 is 21.4 Å². The molecule has 98 valence electrons. The van der Waals surface area contributed by atoms with E-state index in [1.54, 1.807) is 11.3 Å². The van der Waals surface area contributed by atoms with E-state index in [1.165, 1.54) is 5.56 Å². The van der Waals surface area contributed by atoms with Gasteiger partial charge in [-0.25, -0.2) is 0 Å². The van der Waals surface area contributed by atoms with Gasteiger partial charge in [-0.3, -0.25) is 4.79 Å². The topological polar surface area (TPSA) is 17.1 Å². The zero-order valence-corrected chi connectivity index (χ0v) is 11.8. The third-order valence-electron chi connectivity index (χ3n) is 3.85. The second-order valence-corrected chi connectivity index (χ2v) is 6.36. The van der Waals surface area contributed by atoms with Crippen LogP contribution in [0, 0.1) is 0 Å². The van der Waals surface area contributed by atoms with Crippen LogP contribution in [0.1, 0.15) is 24.3 Å². The molecule has 0 bridgehead atoms. The maximum absolute atomic E-state index is 12.8. The summed E-state index contributed by atoms with van der Waals surface area (Å²) in [6.45, 7) is 0. The number of fused-ring (bicyclic) bond motifs is 1. The maximum Gasteiger partial charge on any atom is 0.192 e. The molecule has 4 rings (SSSR count). The molecule has 0 atom stereocenters. The first-order valence-corrected chi connectivity index (χ1v) is 7.77. The third kappa shape index (κ3) is 1.88. The van der Waals surface area contributed by atoms with E-state index in [0.29, 0.717) is 5.92 Å². The monoisotopic (exact) mass is 278 g/mol. The van der Waals surface area contributed by atoms with Crippen molar-refractivity contribution in [2.45, 2.75) is 18.8 Å². The van der Waals surface area contributed by atoms with Gasteiger partial charge in [-0.2, -0.15) is 0 Å². The molecule has 1 aliphatic rings. The Labute approximate surface area is 121 Å². The maximum atomic E-state index is 12.8. The lowest BCUT2D eigenvalue weighted by molar-refractivity contribution is 1.13. The summed E-state index contributed by atoms with van der Waals surface area (Å²) >= 11 is 1.75. The Kier molecular flexibility index (Phi) is 2.71. The first-order chi connectivity index (χ1) is 9.84.